The van der Waals surface area contributed by atoms with Gasteiger partial charge in [-0.2, -0.15) is 0 Å². The van der Waals surface area contributed by atoms with Crippen LogP contribution in [-0.2, 0) is 24.7 Å². The predicted molar refractivity (Wildman–Crippen MR) is 106 cm³/mol. The van der Waals surface area contributed by atoms with Gasteiger partial charge in [-0.15, -0.1) is 0 Å². The van der Waals surface area contributed by atoms with E-state index >= 15 is 0 Å². The maximum Gasteiger partial charge on any atom is 0.120 e. The van der Waals surface area contributed by atoms with Crippen LogP contribution in [0.5, 0.6) is 5.75 Å². The van der Waals surface area contributed by atoms with E-state index in [0.717, 1.165) is 18.6 Å². The first-order valence-electron chi connectivity index (χ1n) is 9.78. The monoisotopic (exact) mass is 334 g/mol. The summed E-state index contributed by atoms with van der Waals surface area (Å²) >= 11 is 0. The minimum Gasteiger partial charge on any atom is -0.488 e. The maximum atomic E-state index is 6.21. The average Bonchev–Trinajstić information content (AvgIpc) is 2.89. The first kappa shape index (κ1) is 16.7. The highest BCUT2D eigenvalue weighted by Crippen LogP contribution is 2.45. The number of hydrogen-bond acceptors (Lipinski definition) is 1. The topological polar surface area (TPSA) is 9.23 Å². The molecule has 0 unspecified atom stereocenters. The normalized spacial score (nSPS) is 17.6. The molecule has 4 rings (SSSR count). The van der Waals surface area contributed by atoms with Gasteiger partial charge in [-0.05, 0) is 96.9 Å². The van der Waals surface area contributed by atoms with Crippen LogP contribution in [0.15, 0.2) is 30.3 Å². The molecule has 2 aromatic rings. The maximum absolute atomic E-state index is 6.21. The van der Waals surface area contributed by atoms with Crippen molar-refractivity contribution in [2.75, 3.05) is 0 Å². The van der Waals surface area contributed by atoms with E-state index < -0.39 is 0 Å². The Bertz CT molecular complexity index is 826. The fourth-order valence-electron chi connectivity index (χ4n) is 4.48. The molecule has 0 bridgehead atoms. The summed E-state index contributed by atoms with van der Waals surface area (Å²) in [7, 11) is 0. The lowest BCUT2D eigenvalue weighted by Crippen LogP contribution is -2.26. The molecule has 0 N–H and O–H groups in total. The Morgan fingerprint density at radius 1 is 0.960 bits per heavy atom. The lowest BCUT2D eigenvalue weighted by atomic mass is 9.80. The van der Waals surface area contributed by atoms with Crippen LogP contribution in [0.3, 0.4) is 0 Å². The SMILES string of the molecule is CCC(C)(C)Oc1ccc2c(c1)CCc1c-2ccc2c1CCC2(C)C. The molecule has 0 aromatic heterocycles. The zero-order valence-electron chi connectivity index (χ0n) is 16.3. The summed E-state index contributed by atoms with van der Waals surface area (Å²) in [5.41, 5.74) is 9.38. The van der Waals surface area contributed by atoms with Crippen molar-refractivity contribution in [2.45, 2.75) is 77.7 Å². The first-order chi connectivity index (χ1) is 11.8. The van der Waals surface area contributed by atoms with Gasteiger partial charge in [-0.3, -0.25) is 0 Å². The van der Waals surface area contributed by atoms with Gasteiger partial charge in [0.25, 0.3) is 0 Å². The third-order valence-electron chi connectivity index (χ3n) is 6.42. The van der Waals surface area contributed by atoms with Crippen LogP contribution in [0.2, 0.25) is 0 Å². The fourth-order valence-corrected chi connectivity index (χ4v) is 4.48. The molecule has 0 heterocycles. The molecule has 1 heteroatoms. The minimum absolute atomic E-state index is 0.104. The zero-order chi connectivity index (χ0) is 17.8. The summed E-state index contributed by atoms with van der Waals surface area (Å²) < 4.78 is 6.21. The predicted octanol–water partition coefficient (Wildman–Crippen LogP) is 6.24. The number of aryl methyl sites for hydroxylation is 1. The van der Waals surface area contributed by atoms with Gasteiger partial charge in [0.15, 0.2) is 0 Å². The summed E-state index contributed by atoms with van der Waals surface area (Å²) in [5.74, 6) is 1.01. The van der Waals surface area contributed by atoms with Gasteiger partial charge in [0.05, 0.1) is 0 Å². The summed E-state index contributed by atoms with van der Waals surface area (Å²) in [6.45, 7) is 11.3. The Morgan fingerprint density at radius 2 is 1.72 bits per heavy atom. The van der Waals surface area contributed by atoms with E-state index in [0.29, 0.717) is 5.41 Å². The molecular weight excluding hydrogens is 304 g/mol. The van der Waals surface area contributed by atoms with Crippen LogP contribution in [0.25, 0.3) is 11.1 Å². The minimum atomic E-state index is -0.104. The Hall–Kier alpha value is -1.76. The smallest absolute Gasteiger partial charge is 0.120 e. The van der Waals surface area contributed by atoms with Crippen LogP contribution in [0, 0.1) is 0 Å². The van der Waals surface area contributed by atoms with E-state index in [2.05, 4.69) is 65.0 Å². The van der Waals surface area contributed by atoms with Gasteiger partial charge >= 0.3 is 0 Å². The van der Waals surface area contributed by atoms with Crippen molar-refractivity contribution >= 4 is 0 Å². The number of benzene rings is 2. The highest BCUT2D eigenvalue weighted by atomic mass is 16.5. The Kier molecular flexibility index (Phi) is 3.76. The lowest BCUT2D eigenvalue weighted by molar-refractivity contribution is 0.105. The lowest BCUT2D eigenvalue weighted by Gasteiger charge is -2.28. The molecule has 0 amide bonds. The summed E-state index contributed by atoms with van der Waals surface area (Å²) in [4.78, 5) is 0. The van der Waals surface area contributed by atoms with E-state index in [4.69, 9.17) is 4.74 Å². The quantitative estimate of drug-likeness (QED) is 0.645. The van der Waals surface area contributed by atoms with Crippen molar-refractivity contribution in [1.29, 1.82) is 0 Å². The molecule has 0 saturated carbocycles. The molecule has 0 fully saturated rings. The van der Waals surface area contributed by atoms with Crippen molar-refractivity contribution in [3.63, 3.8) is 0 Å². The van der Waals surface area contributed by atoms with Crippen molar-refractivity contribution in [3.05, 3.63) is 52.6 Å². The van der Waals surface area contributed by atoms with Crippen LogP contribution in [-0.4, -0.2) is 5.60 Å². The molecule has 0 saturated heterocycles. The molecule has 2 aliphatic carbocycles. The molecule has 0 aliphatic heterocycles. The molecule has 1 nitrogen and oxygen atoms in total. The first-order valence-corrected chi connectivity index (χ1v) is 9.78. The van der Waals surface area contributed by atoms with Gasteiger partial charge in [0, 0.05) is 0 Å². The van der Waals surface area contributed by atoms with E-state index in [1.165, 1.54) is 36.0 Å². The van der Waals surface area contributed by atoms with Crippen LogP contribution in [0.1, 0.15) is 69.7 Å². The van der Waals surface area contributed by atoms with E-state index in [1.807, 2.05) is 0 Å². The Labute approximate surface area is 152 Å². The molecular formula is C24H30O. The highest BCUT2D eigenvalue weighted by molar-refractivity contribution is 5.76. The molecule has 0 atom stereocenters. The summed E-state index contributed by atoms with van der Waals surface area (Å²) in [6.07, 6.45) is 5.83. The number of rotatable bonds is 3. The van der Waals surface area contributed by atoms with E-state index in [1.54, 1.807) is 16.7 Å². The second-order valence-electron chi connectivity index (χ2n) is 9.04. The van der Waals surface area contributed by atoms with Gasteiger partial charge in [-0.25, -0.2) is 0 Å². The Balaban J connectivity index is 1.74. The number of fused-ring (bicyclic) bond motifs is 5. The Morgan fingerprint density at radius 3 is 2.48 bits per heavy atom. The van der Waals surface area contributed by atoms with E-state index in [9.17, 15) is 0 Å². The highest BCUT2D eigenvalue weighted by Gasteiger charge is 2.33. The molecule has 2 aromatic carbocycles. The molecule has 0 radical (unpaired) electrons. The molecule has 0 spiro atoms. The van der Waals surface area contributed by atoms with Gasteiger partial charge in [-0.1, -0.05) is 39.0 Å². The third kappa shape index (κ3) is 2.78. The third-order valence-corrected chi connectivity index (χ3v) is 6.42. The summed E-state index contributed by atoms with van der Waals surface area (Å²) in [6, 6.07) is 11.5. The fraction of sp³-hybridized carbons (Fsp3) is 0.500. The molecule has 132 valence electrons. The van der Waals surface area contributed by atoms with Crippen LogP contribution < -0.4 is 4.74 Å². The number of ether oxygens (including phenoxy) is 1. The summed E-state index contributed by atoms with van der Waals surface area (Å²) in [5, 5.41) is 0. The van der Waals surface area contributed by atoms with Crippen molar-refractivity contribution in [3.8, 4) is 16.9 Å². The van der Waals surface area contributed by atoms with Crippen molar-refractivity contribution in [1.82, 2.24) is 0 Å². The van der Waals surface area contributed by atoms with Gasteiger partial charge in [0.1, 0.15) is 11.4 Å². The number of hydrogen-bond donors (Lipinski definition) is 0. The van der Waals surface area contributed by atoms with E-state index in [-0.39, 0.29) is 5.60 Å². The van der Waals surface area contributed by atoms with Gasteiger partial charge < -0.3 is 4.74 Å². The second-order valence-corrected chi connectivity index (χ2v) is 9.04. The van der Waals surface area contributed by atoms with Crippen LogP contribution >= 0.6 is 0 Å². The van der Waals surface area contributed by atoms with Gasteiger partial charge in [0.2, 0.25) is 0 Å². The molecule has 25 heavy (non-hydrogen) atoms. The largest absolute Gasteiger partial charge is 0.488 e. The van der Waals surface area contributed by atoms with Crippen molar-refractivity contribution < 1.29 is 4.74 Å². The standard InChI is InChI=1S/C24H30O/c1-6-24(4,5)25-17-8-10-18-16(15-17)7-9-20-19(18)11-12-22-21(20)13-14-23(22,2)3/h8,10-12,15H,6-7,9,13-14H2,1-5H3. The van der Waals surface area contributed by atoms with Crippen LogP contribution in [0.4, 0.5) is 0 Å². The average molecular weight is 335 g/mol. The second kappa shape index (κ2) is 5.62. The van der Waals surface area contributed by atoms with Crippen molar-refractivity contribution in [2.24, 2.45) is 0 Å². The zero-order valence-corrected chi connectivity index (χ0v) is 16.3. The molecule has 2 aliphatic rings.